The molecule has 1 amide bonds. The van der Waals surface area contributed by atoms with Crippen LogP contribution in [0.2, 0.25) is 0 Å². The van der Waals surface area contributed by atoms with E-state index in [0.717, 1.165) is 5.69 Å². The Morgan fingerprint density at radius 1 is 0.931 bits per heavy atom. The molecular weight excluding hydrogens is 370 g/mol. The number of hydrogen-bond acceptors (Lipinski definition) is 6. The third kappa shape index (κ3) is 4.95. The molecule has 2 N–H and O–H groups in total. The van der Waals surface area contributed by atoms with E-state index in [-0.39, 0.29) is 5.91 Å². The zero-order valence-corrected chi connectivity index (χ0v) is 16.6. The van der Waals surface area contributed by atoms with Crippen LogP contribution >= 0.6 is 0 Å². The van der Waals surface area contributed by atoms with Crippen molar-refractivity contribution in [2.45, 2.75) is 6.54 Å². The van der Waals surface area contributed by atoms with Crippen LogP contribution in [0, 0.1) is 0 Å². The van der Waals surface area contributed by atoms with Gasteiger partial charge in [-0.3, -0.25) is 4.79 Å². The summed E-state index contributed by atoms with van der Waals surface area (Å²) in [6, 6.07) is 16.9. The summed E-state index contributed by atoms with van der Waals surface area (Å²) in [6.07, 6.45) is 1.67. The summed E-state index contributed by atoms with van der Waals surface area (Å²) < 4.78 is 15.9. The fourth-order valence-electron chi connectivity index (χ4n) is 2.77. The number of nitrogens with zero attached hydrogens (tertiary/aromatic N) is 1. The van der Waals surface area contributed by atoms with E-state index in [2.05, 4.69) is 15.6 Å². The van der Waals surface area contributed by atoms with Gasteiger partial charge in [0.05, 0.1) is 33.2 Å². The van der Waals surface area contributed by atoms with Crippen molar-refractivity contribution in [3.05, 3.63) is 71.9 Å². The first-order valence-electron chi connectivity index (χ1n) is 8.99. The number of rotatable bonds is 8. The van der Waals surface area contributed by atoms with E-state index in [4.69, 9.17) is 14.2 Å². The highest BCUT2D eigenvalue weighted by Gasteiger charge is 2.17. The molecule has 0 atom stereocenters. The summed E-state index contributed by atoms with van der Waals surface area (Å²) in [4.78, 5) is 16.9. The van der Waals surface area contributed by atoms with Gasteiger partial charge in [-0.1, -0.05) is 30.3 Å². The van der Waals surface area contributed by atoms with Crippen molar-refractivity contribution >= 4 is 17.4 Å². The number of amides is 1. The summed E-state index contributed by atoms with van der Waals surface area (Å²) in [6.45, 7) is 0.694. The highest BCUT2D eigenvalue weighted by Crippen LogP contribution is 2.38. The predicted molar refractivity (Wildman–Crippen MR) is 112 cm³/mol. The number of anilines is 2. The highest BCUT2D eigenvalue weighted by atomic mass is 16.5. The van der Waals surface area contributed by atoms with E-state index in [1.165, 1.54) is 26.9 Å². The van der Waals surface area contributed by atoms with Gasteiger partial charge >= 0.3 is 0 Å². The molecule has 0 unspecified atom stereocenters. The third-order valence-electron chi connectivity index (χ3n) is 4.27. The number of pyridine rings is 1. The summed E-state index contributed by atoms with van der Waals surface area (Å²) in [5.41, 5.74) is 2.40. The van der Waals surface area contributed by atoms with Gasteiger partial charge in [0.25, 0.3) is 5.91 Å². The minimum Gasteiger partial charge on any atom is -0.493 e. The molecule has 3 aromatic rings. The van der Waals surface area contributed by atoms with Gasteiger partial charge in [-0.05, 0) is 29.8 Å². The van der Waals surface area contributed by atoms with Crippen molar-refractivity contribution in [3.8, 4) is 17.2 Å². The van der Waals surface area contributed by atoms with Crippen molar-refractivity contribution in [1.29, 1.82) is 0 Å². The number of carbonyl (C=O) groups is 1. The zero-order valence-electron chi connectivity index (χ0n) is 16.6. The lowest BCUT2D eigenvalue weighted by Crippen LogP contribution is -2.13. The maximum atomic E-state index is 12.6. The molecule has 2 aromatic carbocycles. The second kappa shape index (κ2) is 9.45. The smallest absolute Gasteiger partial charge is 0.257 e. The molecule has 1 heterocycles. The first kappa shape index (κ1) is 20.0. The van der Waals surface area contributed by atoms with Gasteiger partial charge in [0.15, 0.2) is 11.5 Å². The molecule has 3 rings (SSSR count). The summed E-state index contributed by atoms with van der Waals surface area (Å²) in [5, 5.41) is 6.06. The molecule has 0 bridgehead atoms. The van der Waals surface area contributed by atoms with Crippen molar-refractivity contribution in [2.24, 2.45) is 0 Å². The van der Waals surface area contributed by atoms with Crippen molar-refractivity contribution in [3.63, 3.8) is 0 Å². The van der Waals surface area contributed by atoms with Gasteiger partial charge in [0.1, 0.15) is 5.82 Å². The number of aromatic nitrogens is 1. The molecular formula is C22H23N3O4. The second-order valence-corrected chi connectivity index (χ2v) is 6.14. The third-order valence-corrected chi connectivity index (χ3v) is 4.27. The average Bonchev–Trinajstić information content (AvgIpc) is 2.78. The van der Waals surface area contributed by atoms with E-state index >= 15 is 0 Å². The average molecular weight is 393 g/mol. The van der Waals surface area contributed by atoms with Crippen molar-refractivity contribution in [2.75, 3.05) is 32.0 Å². The number of carbonyl (C=O) groups excluding carboxylic acids is 1. The quantitative estimate of drug-likeness (QED) is 0.603. The van der Waals surface area contributed by atoms with E-state index in [1.54, 1.807) is 24.4 Å². The molecule has 7 nitrogen and oxygen atoms in total. The maximum absolute atomic E-state index is 12.6. The highest BCUT2D eigenvalue weighted by molar-refractivity contribution is 6.04. The molecule has 0 saturated heterocycles. The lowest BCUT2D eigenvalue weighted by Gasteiger charge is -2.14. The molecule has 0 aliphatic rings. The first-order valence-corrected chi connectivity index (χ1v) is 8.99. The number of hydrogen-bond donors (Lipinski definition) is 2. The van der Waals surface area contributed by atoms with Crippen LogP contribution in [0.4, 0.5) is 11.5 Å². The molecule has 0 spiro atoms. The summed E-state index contributed by atoms with van der Waals surface area (Å²) in [7, 11) is 4.51. The molecule has 0 aliphatic carbocycles. The number of methoxy groups -OCH3 is 3. The minimum absolute atomic E-state index is 0.332. The van der Waals surface area contributed by atoms with Gasteiger partial charge in [0, 0.05) is 12.1 Å². The van der Waals surface area contributed by atoms with Crippen LogP contribution in [0.5, 0.6) is 17.2 Å². The van der Waals surface area contributed by atoms with E-state index in [0.29, 0.717) is 35.2 Å². The van der Waals surface area contributed by atoms with Crippen LogP contribution in [0.3, 0.4) is 0 Å². The van der Waals surface area contributed by atoms with Crippen LogP contribution in [-0.4, -0.2) is 32.2 Å². The van der Waals surface area contributed by atoms with Gasteiger partial charge in [0.2, 0.25) is 5.75 Å². The van der Waals surface area contributed by atoms with Gasteiger partial charge in [-0.2, -0.15) is 0 Å². The summed E-state index contributed by atoms with van der Waals surface area (Å²) >= 11 is 0. The Balaban J connectivity index is 1.67. The lowest BCUT2D eigenvalue weighted by atomic mass is 10.1. The minimum atomic E-state index is -0.332. The van der Waals surface area contributed by atoms with E-state index in [1.807, 2.05) is 36.4 Å². The molecule has 0 aliphatic heterocycles. The molecule has 7 heteroatoms. The van der Waals surface area contributed by atoms with E-state index in [9.17, 15) is 4.79 Å². The molecule has 0 fully saturated rings. The Morgan fingerprint density at radius 3 is 2.17 bits per heavy atom. The maximum Gasteiger partial charge on any atom is 0.257 e. The molecule has 1 aromatic heterocycles. The Labute approximate surface area is 169 Å². The van der Waals surface area contributed by atoms with E-state index < -0.39 is 0 Å². The van der Waals surface area contributed by atoms with Crippen LogP contribution in [0.25, 0.3) is 0 Å². The van der Waals surface area contributed by atoms with Gasteiger partial charge in [-0.25, -0.2) is 4.98 Å². The van der Waals surface area contributed by atoms with Gasteiger partial charge < -0.3 is 24.8 Å². The van der Waals surface area contributed by atoms with Crippen LogP contribution in [0.1, 0.15) is 15.9 Å². The Morgan fingerprint density at radius 2 is 1.62 bits per heavy atom. The Bertz CT molecular complexity index is 935. The monoisotopic (exact) mass is 393 g/mol. The van der Waals surface area contributed by atoms with Crippen LogP contribution in [-0.2, 0) is 6.54 Å². The van der Waals surface area contributed by atoms with Crippen LogP contribution in [0.15, 0.2) is 60.8 Å². The zero-order chi connectivity index (χ0) is 20.6. The Kier molecular flexibility index (Phi) is 6.52. The topological polar surface area (TPSA) is 81.7 Å². The van der Waals surface area contributed by atoms with Crippen molar-refractivity contribution < 1.29 is 19.0 Å². The summed E-state index contributed by atoms with van der Waals surface area (Å²) in [5.74, 6) is 1.35. The predicted octanol–water partition coefficient (Wildman–Crippen LogP) is 3.97. The number of benzene rings is 2. The molecule has 0 saturated carbocycles. The normalized spacial score (nSPS) is 10.2. The standard InChI is InChI=1S/C22H23N3O4/c1-27-18-11-16(12-19(28-2)21(18)29-3)22(26)25-20-10-9-17(14-24-20)23-13-15-7-5-4-6-8-15/h4-12,14,23H,13H2,1-3H3,(H,24,25,26). The first-order chi connectivity index (χ1) is 14.1. The lowest BCUT2D eigenvalue weighted by molar-refractivity contribution is 0.102. The fraction of sp³-hybridized carbons (Fsp3) is 0.182. The SMILES string of the molecule is COc1cc(C(=O)Nc2ccc(NCc3ccccc3)cn2)cc(OC)c1OC. The second-order valence-electron chi connectivity index (χ2n) is 6.14. The Hall–Kier alpha value is -3.74. The molecule has 29 heavy (non-hydrogen) atoms. The number of ether oxygens (including phenoxy) is 3. The fourth-order valence-corrected chi connectivity index (χ4v) is 2.77. The van der Waals surface area contributed by atoms with Crippen LogP contribution < -0.4 is 24.8 Å². The van der Waals surface area contributed by atoms with Gasteiger partial charge in [-0.15, -0.1) is 0 Å². The molecule has 0 radical (unpaired) electrons. The number of nitrogens with one attached hydrogen (secondary N) is 2. The molecule has 150 valence electrons. The largest absolute Gasteiger partial charge is 0.493 e. The van der Waals surface area contributed by atoms with Crippen molar-refractivity contribution in [1.82, 2.24) is 4.98 Å².